The van der Waals surface area contributed by atoms with Crippen LogP contribution >= 0.6 is 0 Å². The van der Waals surface area contributed by atoms with Crippen LogP contribution in [0.3, 0.4) is 0 Å². The number of ether oxygens (including phenoxy) is 1. The van der Waals surface area contributed by atoms with Crippen molar-refractivity contribution >= 4 is 28.9 Å². The predicted molar refractivity (Wildman–Crippen MR) is 124 cm³/mol. The number of anilines is 1. The Morgan fingerprint density at radius 1 is 1.21 bits per heavy atom. The molecule has 34 heavy (non-hydrogen) atoms. The number of aliphatic hydroxyl groups excluding tert-OH is 2. The molecule has 3 aliphatic carbocycles. The second kappa shape index (κ2) is 8.79. The Labute approximate surface area is 197 Å². The summed E-state index contributed by atoms with van der Waals surface area (Å²) < 4.78 is 5.61. The molecule has 4 rings (SSSR count). The molecule has 5 N–H and O–H groups in total. The minimum atomic E-state index is -1.12. The van der Waals surface area contributed by atoms with Gasteiger partial charge < -0.3 is 30.7 Å². The minimum absolute atomic E-state index is 0.0738. The van der Waals surface area contributed by atoms with E-state index in [1.807, 2.05) is 32.0 Å². The minimum Gasteiger partial charge on any atom is -0.511 e. The third-order valence-corrected chi connectivity index (χ3v) is 7.03. The van der Waals surface area contributed by atoms with Crippen molar-refractivity contribution in [3.05, 3.63) is 39.7 Å². The van der Waals surface area contributed by atoms with Crippen LogP contribution in [-0.4, -0.2) is 53.5 Å². The average Bonchev–Trinajstić information content (AvgIpc) is 2.74. The summed E-state index contributed by atoms with van der Waals surface area (Å²) >= 11 is 0. The Kier molecular flexibility index (Phi) is 6.16. The lowest BCUT2D eigenvalue weighted by atomic mass is 9.61. The van der Waals surface area contributed by atoms with Gasteiger partial charge in [-0.15, -0.1) is 0 Å². The summed E-state index contributed by atoms with van der Waals surface area (Å²) in [5, 5.41) is 33.0. The average molecular weight is 471 g/mol. The zero-order chi connectivity index (χ0) is 24.9. The van der Waals surface area contributed by atoms with E-state index in [0.29, 0.717) is 30.6 Å². The van der Waals surface area contributed by atoms with Crippen molar-refractivity contribution in [3.63, 3.8) is 0 Å². The fraction of sp³-hybridized carbons (Fsp3) is 0.480. The maximum absolute atomic E-state index is 13.5. The van der Waals surface area contributed by atoms with E-state index in [-0.39, 0.29) is 35.7 Å². The maximum atomic E-state index is 13.5. The van der Waals surface area contributed by atoms with E-state index in [2.05, 4.69) is 0 Å². The van der Waals surface area contributed by atoms with Crippen LogP contribution in [0.1, 0.15) is 42.9 Å². The first-order valence-corrected chi connectivity index (χ1v) is 11.4. The quantitative estimate of drug-likeness (QED) is 0.365. The molecule has 0 saturated heterocycles. The number of ketones is 2. The molecule has 3 unspecified atom stereocenters. The van der Waals surface area contributed by atoms with Crippen molar-refractivity contribution in [2.24, 2.45) is 23.5 Å². The van der Waals surface area contributed by atoms with Crippen LogP contribution in [0.25, 0.3) is 5.76 Å². The summed E-state index contributed by atoms with van der Waals surface area (Å²) in [5.74, 6) is -5.31. The van der Waals surface area contributed by atoms with Gasteiger partial charge in [-0.25, -0.2) is 0 Å². The molecule has 0 spiro atoms. The molecule has 1 aromatic rings. The van der Waals surface area contributed by atoms with E-state index in [0.717, 1.165) is 12.1 Å². The van der Waals surface area contributed by atoms with Crippen LogP contribution in [0.2, 0.25) is 0 Å². The van der Waals surface area contributed by atoms with Crippen molar-refractivity contribution in [2.75, 3.05) is 25.6 Å². The molecule has 9 heteroatoms. The van der Waals surface area contributed by atoms with Crippen molar-refractivity contribution in [2.45, 2.75) is 39.2 Å². The van der Waals surface area contributed by atoms with Gasteiger partial charge in [0.25, 0.3) is 5.91 Å². The summed E-state index contributed by atoms with van der Waals surface area (Å²) in [7, 11) is 3.71. The number of fused-ring (bicyclic) bond motifs is 3. The number of Topliss-reactive ketones (excluding diaryl/α,β-unsaturated/α-hetero) is 2. The number of aliphatic hydroxyl groups is 2. The molecule has 3 atom stereocenters. The number of phenolic OH excluding ortho intramolecular Hbond substituents is 1. The highest BCUT2D eigenvalue weighted by Gasteiger charge is 2.51. The highest BCUT2D eigenvalue weighted by Crippen LogP contribution is 2.52. The number of rotatable bonds is 6. The molecule has 1 saturated carbocycles. The molecule has 1 amide bonds. The number of carbonyl (C=O) groups is 3. The molecular weight excluding hydrogens is 440 g/mol. The predicted octanol–water partition coefficient (Wildman–Crippen LogP) is 2.30. The second-order valence-electron chi connectivity index (χ2n) is 9.46. The highest BCUT2D eigenvalue weighted by molar-refractivity contribution is 6.21. The van der Waals surface area contributed by atoms with E-state index in [1.54, 1.807) is 0 Å². The zero-order valence-corrected chi connectivity index (χ0v) is 19.6. The lowest BCUT2D eigenvalue weighted by molar-refractivity contribution is -0.127. The second-order valence-corrected chi connectivity index (χ2v) is 9.46. The van der Waals surface area contributed by atoms with Crippen LogP contribution < -0.4 is 10.6 Å². The smallest absolute Gasteiger partial charge is 0.255 e. The van der Waals surface area contributed by atoms with Crippen LogP contribution in [0.15, 0.2) is 23.0 Å². The Hall–Kier alpha value is -3.33. The largest absolute Gasteiger partial charge is 0.511 e. The standard InChI is InChI=1S/C25H30N2O7/c1-4-5-34-10-13-8-15(27(2)3)14-7-11-6-12-9-16(28)20(25(26)33)24(32)18(12)22(30)17(11)23(31)19(14)21(13)29/h8,11-12,18,29,31-32H,4-7,9-10H2,1-3H3,(H2,26,33). The Balaban J connectivity index is 1.86. The van der Waals surface area contributed by atoms with Gasteiger partial charge in [0.05, 0.1) is 18.1 Å². The van der Waals surface area contributed by atoms with Gasteiger partial charge in [0.1, 0.15) is 22.8 Å². The first-order chi connectivity index (χ1) is 16.1. The van der Waals surface area contributed by atoms with Gasteiger partial charge in [0.15, 0.2) is 11.6 Å². The third-order valence-electron chi connectivity index (χ3n) is 7.03. The number of allylic oxidation sites excluding steroid dienone is 2. The van der Waals surface area contributed by atoms with Crippen LogP contribution in [0.5, 0.6) is 5.75 Å². The number of aromatic hydroxyl groups is 1. The number of carbonyl (C=O) groups excluding carboxylic acids is 3. The van der Waals surface area contributed by atoms with Gasteiger partial charge in [-0.3, -0.25) is 14.4 Å². The van der Waals surface area contributed by atoms with E-state index in [4.69, 9.17) is 10.5 Å². The van der Waals surface area contributed by atoms with E-state index in [9.17, 15) is 29.7 Å². The molecule has 9 nitrogen and oxygen atoms in total. The number of benzene rings is 1. The Morgan fingerprint density at radius 3 is 2.53 bits per heavy atom. The maximum Gasteiger partial charge on any atom is 0.255 e. The van der Waals surface area contributed by atoms with Crippen molar-refractivity contribution in [3.8, 4) is 5.75 Å². The van der Waals surface area contributed by atoms with Gasteiger partial charge in [-0.1, -0.05) is 6.92 Å². The van der Waals surface area contributed by atoms with Crippen LogP contribution in [0, 0.1) is 17.8 Å². The highest BCUT2D eigenvalue weighted by atomic mass is 16.5. The fourth-order valence-corrected chi connectivity index (χ4v) is 5.58. The van der Waals surface area contributed by atoms with Gasteiger partial charge in [-0.2, -0.15) is 0 Å². The van der Waals surface area contributed by atoms with Crippen LogP contribution in [0.4, 0.5) is 5.69 Å². The van der Waals surface area contributed by atoms with Crippen molar-refractivity contribution < 1.29 is 34.4 Å². The number of primary amides is 1. The summed E-state index contributed by atoms with van der Waals surface area (Å²) in [5.41, 5.74) is 7.00. The molecule has 0 radical (unpaired) electrons. The number of hydrogen-bond donors (Lipinski definition) is 4. The molecule has 1 fully saturated rings. The molecule has 182 valence electrons. The van der Waals surface area contributed by atoms with Gasteiger partial charge >= 0.3 is 0 Å². The lowest BCUT2D eigenvalue weighted by Gasteiger charge is -2.41. The third kappa shape index (κ3) is 3.64. The topological polar surface area (TPSA) is 150 Å². The Bertz CT molecular complexity index is 1150. The zero-order valence-electron chi connectivity index (χ0n) is 19.6. The molecule has 3 aliphatic rings. The fourth-order valence-electron chi connectivity index (χ4n) is 5.58. The number of amides is 1. The first kappa shape index (κ1) is 23.8. The molecule has 1 aromatic carbocycles. The number of hydrogen-bond acceptors (Lipinski definition) is 8. The van der Waals surface area contributed by atoms with E-state index in [1.165, 1.54) is 0 Å². The summed E-state index contributed by atoms with van der Waals surface area (Å²) in [6, 6.07) is 1.83. The first-order valence-electron chi connectivity index (χ1n) is 11.4. The molecule has 0 heterocycles. The number of nitrogens with two attached hydrogens (primary N) is 1. The number of nitrogens with zero attached hydrogens (tertiary/aromatic N) is 1. The van der Waals surface area contributed by atoms with Crippen LogP contribution in [-0.2, 0) is 32.1 Å². The van der Waals surface area contributed by atoms with Gasteiger partial charge in [-0.05, 0) is 42.7 Å². The summed E-state index contributed by atoms with van der Waals surface area (Å²) in [6.45, 7) is 2.63. The van der Waals surface area contributed by atoms with Crippen molar-refractivity contribution in [1.29, 1.82) is 0 Å². The lowest BCUT2D eigenvalue weighted by Crippen LogP contribution is -2.44. The molecule has 0 bridgehead atoms. The summed E-state index contributed by atoms with van der Waals surface area (Å²) in [6.07, 6.45) is 1.48. The monoisotopic (exact) mass is 470 g/mol. The van der Waals surface area contributed by atoms with E-state index >= 15 is 0 Å². The normalized spacial score (nSPS) is 24.0. The number of phenols is 1. The molecule has 0 aliphatic heterocycles. The van der Waals surface area contributed by atoms with E-state index < -0.39 is 46.6 Å². The van der Waals surface area contributed by atoms with Gasteiger partial charge in [0.2, 0.25) is 0 Å². The van der Waals surface area contributed by atoms with Crippen molar-refractivity contribution in [1.82, 2.24) is 0 Å². The SMILES string of the molecule is CCCOCc1cc(N(C)C)c2c(c1O)C(O)=C1C(=O)C3C(O)=C(C(N)=O)C(=O)CC3CC1C2. The molecule has 0 aromatic heterocycles. The molecular formula is C25H30N2O7. The Morgan fingerprint density at radius 2 is 1.91 bits per heavy atom. The summed E-state index contributed by atoms with van der Waals surface area (Å²) in [4.78, 5) is 39.6. The van der Waals surface area contributed by atoms with Gasteiger partial charge in [0, 0.05) is 43.9 Å².